The number of hydrogen-bond acceptors (Lipinski definition) is 2. The van der Waals surface area contributed by atoms with Gasteiger partial charge in [-0.05, 0) is 29.9 Å². The molecule has 1 aliphatic rings. The minimum absolute atomic E-state index is 0.401. The summed E-state index contributed by atoms with van der Waals surface area (Å²) in [5.74, 6) is 0. The molecule has 1 aliphatic carbocycles. The Hall–Kier alpha value is -0.600. The van der Waals surface area contributed by atoms with E-state index in [1.807, 2.05) is 6.07 Å². The fraction of sp³-hybridized carbons (Fsp3) is 0.643. The molecule has 1 heterocycles. The van der Waals surface area contributed by atoms with Gasteiger partial charge in [-0.25, -0.2) is 0 Å². The van der Waals surface area contributed by atoms with Gasteiger partial charge in [0, 0.05) is 25.0 Å². The first-order chi connectivity index (χ1) is 8.09. The lowest BCUT2D eigenvalue weighted by Crippen LogP contribution is -2.43. The van der Waals surface area contributed by atoms with Gasteiger partial charge >= 0.3 is 0 Å². The normalized spacial score (nSPS) is 23.6. The van der Waals surface area contributed by atoms with E-state index in [9.17, 15) is 0 Å². The highest BCUT2D eigenvalue weighted by molar-refractivity contribution is 6.31. The highest BCUT2D eigenvalue weighted by atomic mass is 35.5. The van der Waals surface area contributed by atoms with Gasteiger partial charge in [-0.1, -0.05) is 38.3 Å². The first-order valence-corrected chi connectivity index (χ1v) is 6.79. The molecule has 0 bridgehead atoms. The molecule has 94 valence electrons. The molecule has 1 saturated carbocycles. The maximum absolute atomic E-state index is 6.11. The van der Waals surface area contributed by atoms with E-state index in [1.54, 1.807) is 12.4 Å². The number of aromatic nitrogens is 1. The van der Waals surface area contributed by atoms with Crippen molar-refractivity contribution in [3.05, 3.63) is 29.0 Å². The van der Waals surface area contributed by atoms with Crippen LogP contribution in [0.1, 0.15) is 45.1 Å². The van der Waals surface area contributed by atoms with Crippen LogP contribution < -0.4 is 5.32 Å². The maximum atomic E-state index is 6.11. The molecule has 1 fully saturated rings. The van der Waals surface area contributed by atoms with Crippen molar-refractivity contribution < 1.29 is 0 Å². The molecule has 0 amide bonds. The SMILES string of the molecule is CC1(C)CCCCC1NCc1ccncc1Cl. The summed E-state index contributed by atoms with van der Waals surface area (Å²) < 4.78 is 0. The largest absolute Gasteiger partial charge is 0.309 e. The van der Waals surface area contributed by atoms with Crippen LogP contribution in [0.25, 0.3) is 0 Å². The van der Waals surface area contributed by atoms with E-state index < -0.39 is 0 Å². The molecule has 1 aromatic heterocycles. The lowest BCUT2D eigenvalue weighted by atomic mass is 9.73. The van der Waals surface area contributed by atoms with Crippen LogP contribution in [0.15, 0.2) is 18.5 Å². The smallest absolute Gasteiger partial charge is 0.0634 e. The topological polar surface area (TPSA) is 24.9 Å². The van der Waals surface area contributed by atoms with Crippen molar-refractivity contribution in [2.24, 2.45) is 5.41 Å². The van der Waals surface area contributed by atoms with E-state index in [-0.39, 0.29) is 0 Å². The van der Waals surface area contributed by atoms with E-state index >= 15 is 0 Å². The Morgan fingerprint density at radius 3 is 3.00 bits per heavy atom. The molecule has 1 aromatic rings. The summed E-state index contributed by atoms with van der Waals surface area (Å²) >= 11 is 6.11. The van der Waals surface area contributed by atoms with E-state index in [0.29, 0.717) is 11.5 Å². The number of nitrogens with zero attached hydrogens (tertiary/aromatic N) is 1. The minimum Gasteiger partial charge on any atom is -0.309 e. The van der Waals surface area contributed by atoms with Crippen molar-refractivity contribution in [3.8, 4) is 0 Å². The van der Waals surface area contributed by atoms with Crippen LogP contribution in [0.2, 0.25) is 5.02 Å². The van der Waals surface area contributed by atoms with Crippen molar-refractivity contribution in [2.45, 2.75) is 52.1 Å². The van der Waals surface area contributed by atoms with E-state index in [4.69, 9.17) is 11.6 Å². The lowest BCUT2D eigenvalue weighted by Gasteiger charge is -2.39. The molecule has 0 aliphatic heterocycles. The van der Waals surface area contributed by atoms with Crippen molar-refractivity contribution >= 4 is 11.6 Å². The third kappa shape index (κ3) is 3.20. The molecular weight excluding hydrogens is 232 g/mol. The number of nitrogens with one attached hydrogen (secondary N) is 1. The maximum Gasteiger partial charge on any atom is 0.0634 e. The summed E-state index contributed by atoms with van der Waals surface area (Å²) in [6, 6.07) is 2.59. The van der Waals surface area contributed by atoms with Crippen molar-refractivity contribution in [2.75, 3.05) is 0 Å². The van der Waals surface area contributed by atoms with Gasteiger partial charge in [0.2, 0.25) is 0 Å². The third-order valence-electron chi connectivity index (χ3n) is 3.90. The monoisotopic (exact) mass is 252 g/mol. The molecule has 17 heavy (non-hydrogen) atoms. The Morgan fingerprint density at radius 2 is 2.29 bits per heavy atom. The van der Waals surface area contributed by atoms with Gasteiger partial charge in [0.25, 0.3) is 0 Å². The number of hydrogen-bond donors (Lipinski definition) is 1. The van der Waals surface area contributed by atoms with Gasteiger partial charge in [-0.15, -0.1) is 0 Å². The average Bonchev–Trinajstić information content (AvgIpc) is 2.29. The van der Waals surface area contributed by atoms with Crippen LogP contribution in [0, 0.1) is 5.41 Å². The molecular formula is C14H21ClN2. The zero-order valence-electron chi connectivity index (χ0n) is 10.7. The van der Waals surface area contributed by atoms with Gasteiger partial charge in [-0.2, -0.15) is 0 Å². The van der Waals surface area contributed by atoms with Gasteiger partial charge in [-0.3, -0.25) is 4.98 Å². The van der Waals surface area contributed by atoms with Gasteiger partial charge in [0.15, 0.2) is 0 Å². The van der Waals surface area contributed by atoms with Crippen molar-refractivity contribution in [3.63, 3.8) is 0 Å². The summed E-state index contributed by atoms with van der Waals surface area (Å²) in [5, 5.41) is 4.41. The average molecular weight is 253 g/mol. The van der Waals surface area contributed by atoms with E-state index in [1.165, 1.54) is 25.7 Å². The molecule has 0 aromatic carbocycles. The predicted molar refractivity (Wildman–Crippen MR) is 72.1 cm³/mol. The summed E-state index contributed by atoms with van der Waals surface area (Å²) in [6.07, 6.45) is 8.80. The summed E-state index contributed by atoms with van der Waals surface area (Å²) in [4.78, 5) is 4.01. The van der Waals surface area contributed by atoms with Crippen LogP contribution in [0.4, 0.5) is 0 Å². The Labute approximate surface area is 109 Å². The molecule has 0 radical (unpaired) electrons. The summed E-state index contributed by atoms with van der Waals surface area (Å²) in [7, 11) is 0. The van der Waals surface area contributed by atoms with Crippen LogP contribution >= 0.6 is 11.6 Å². The van der Waals surface area contributed by atoms with Crippen LogP contribution in [0.3, 0.4) is 0 Å². The molecule has 0 saturated heterocycles. The molecule has 2 rings (SSSR count). The number of rotatable bonds is 3. The second-order valence-corrected chi connectivity index (χ2v) is 6.04. The van der Waals surface area contributed by atoms with Gasteiger partial charge < -0.3 is 5.32 Å². The van der Waals surface area contributed by atoms with Crippen molar-refractivity contribution in [1.82, 2.24) is 10.3 Å². The van der Waals surface area contributed by atoms with Crippen LogP contribution in [0.5, 0.6) is 0 Å². The van der Waals surface area contributed by atoms with Gasteiger partial charge in [0.1, 0.15) is 0 Å². The molecule has 2 nitrogen and oxygen atoms in total. The van der Waals surface area contributed by atoms with E-state index in [0.717, 1.165) is 17.1 Å². The second kappa shape index (κ2) is 5.36. The van der Waals surface area contributed by atoms with Crippen LogP contribution in [-0.4, -0.2) is 11.0 Å². The molecule has 1 atom stereocenters. The lowest BCUT2D eigenvalue weighted by molar-refractivity contribution is 0.167. The zero-order valence-corrected chi connectivity index (χ0v) is 11.4. The minimum atomic E-state index is 0.401. The predicted octanol–water partition coefficient (Wildman–Crippen LogP) is 3.79. The fourth-order valence-corrected chi connectivity index (χ4v) is 2.84. The fourth-order valence-electron chi connectivity index (χ4n) is 2.65. The Balaban J connectivity index is 1.96. The second-order valence-electron chi connectivity index (χ2n) is 5.63. The number of halogens is 1. The first kappa shape index (κ1) is 12.8. The molecule has 3 heteroatoms. The molecule has 1 unspecified atom stereocenters. The highest BCUT2D eigenvalue weighted by Gasteiger charge is 2.31. The standard InChI is InChI=1S/C14H21ClN2/c1-14(2)7-4-3-5-13(14)17-9-11-6-8-16-10-12(11)15/h6,8,10,13,17H,3-5,7,9H2,1-2H3. The molecule has 0 spiro atoms. The van der Waals surface area contributed by atoms with E-state index in [2.05, 4.69) is 24.1 Å². The Morgan fingerprint density at radius 1 is 1.47 bits per heavy atom. The Kier molecular flexibility index (Phi) is 4.05. The first-order valence-electron chi connectivity index (χ1n) is 6.41. The summed E-state index contributed by atoms with van der Waals surface area (Å²) in [6.45, 7) is 5.56. The zero-order chi connectivity index (χ0) is 12.3. The Bertz CT molecular complexity index is 376. The van der Waals surface area contributed by atoms with Gasteiger partial charge in [0.05, 0.1) is 5.02 Å². The quantitative estimate of drug-likeness (QED) is 0.885. The van der Waals surface area contributed by atoms with Crippen molar-refractivity contribution in [1.29, 1.82) is 0 Å². The third-order valence-corrected chi connectivity index (χ3v) is 4.24. The van der Waals surface area contributed by atoms with Crippen LogP contribution in [-0.2, 0) is 6.54 Å². The molecule has 1 N–H and O–H groups in total. The highest BCUT2D eigenvalue weighted by Crippen LogP contribution is 2.35. The summed E-state index contributed by atoms with van der Waals surface area (Å²) in [5.41, 5.74) is 1.54. The number of pyridine rings is 1.